The van der Waals surface area contributed by atoms with E-state index in [0.29, 0.717) is 66.2 Å². The van der Waals surface area contributed by atoms with E-state index in [2.05, 4.69) is 10.6 Å². The predicted octanol–water partition coefficient (Wildman–Crippen LogP) is 5.70. The first-order valence-electron chi connectivity index (χ1n) is 14.3. The molecule has 1 aliphatic rings. The van der Waals surface area contributed by atoms with E-state index in [1.54, 1.807) is 66.4 Å². The number of nitrogens with one attached hydrogen (secondary N) is 2. The lowest BCUT2D eigenvalue weighted by Crippen LogP contribution is -2.52. The van der Waals surface area contributed by atoms with E-state index < -0.39 is 5.82 Å². The largest absolute Gasteiger partial charge is 0.497 e. The van der Waals surface area contributed by atoms with Crippen molar-refractivity contribution in [3.63, 3.8) is 0 Å². The number of methoxy groups -OCH3 is 1. The molecule has 0 unspecified atom stereocenters. The summed E-state index contributed by atoms with van der Waals surface area (Å²) in [5.41, 5.74) is 1.75. The monoisotopic (exact) mass is 612 g/mol. The molecule has 0 radical (unpaired) electrons. The smallest absolute Gasteiger partial charge is 0.321 e. The van der Waals surface area contributed by atoms with Crippen LogP contribution < -0.4 is 24.8 Å². The van der Waals surface area contributed by atoms with Crippen LogP contribution in [-0.4, -0.2) is 68.0 Å². The van der Waals surface area contributed by atoms with E-state index >= 15 is 0 Å². The second kappa shape index (κ2) is 14.3. The number of rotatable bonds is 9. The molecule has 45 heavy (non-hydrogen) atoms. The van der Waals surface area contributed by atoms with Gasteiger partial charge in [-0.2, -0.15) is 0 Å². The Morgan fingerprint density at radius 1 is 0.733 bits per heavy atom. The summed E-state index contributed by atoms with van der Waals surface area (Å²) in [4.78, 5) is 41.4. The second-order valence-corrected chi connectivity index (χ2v) is 10.3. The number of anilines is 1. The molecule has 0 spiro atoms. The van der Waals surface area contributed by atoms with Gasteiger partial charge in [-0.3, -0.25) is 9.59 Å². The summed E-state index contributed by atoms with van der Waals surface area (Å²) < 4.78 is 30.6. The normalized spacial score (nSPS) is 12.7. The summed E-state index contributed by atoms with van der Waals surface area (Å²) in [6.07, 6.45) is 0.252. The van der Waals surface area contributed by atoms with Gasteiger partial charge in [-0.15, -0.1) is 0 Å². The van der Waals surface area contributed by atoms with Crippen LogP contribution in [-0.2, 0) is 11.2 Å². The number of benzene rings is 4. The van der Waals surface area contributed by atoms with Crippen LogP contribution in [0.5, 0.6) is 28.7 Å². The Morgan fingerprint density at radius 2 is 1.33 bits per heavy atom. The molecule has 0 aliphatic carbocycles. The maximum Gasteiger partial charge on any atom is 0.321 e. The molecule has 2 N–H and O–H groups in total. The molecule has 0 saturated carbocycles. The molecule has 10 nitrogen and oxygen atoms in total. The number of urea groups is 1. The fourth-order valence-electron chi connectivity index (χ4n) is 4.79. The molecule has 0 bridgehead atoms. The van der Waals surface area contributed by atoms with Crippen LogP contribution in [0.2, 0.25) is 0 Å². The van der Waals surface area contributed by atoms with Gasteiger partial charge >= 0.3 is 6.03 Å². The van der Waals surface area contributed by atoms with Gasteiger partial charge in [0.2, 0.25) is 5.91 Å². The highest BCUT2D eigenvalue weighted by Crippen LogP contribution is 2.33. The average Bonchev–Trinajstić information content (AvgIpc) is 3.06. The molecule has 4 aromatic rings. The Bertz CT molecular complexity index is 1650. The van der Waals surface area contributed by atoms with E-state index in [1.807, 2.05) is 24.3 Å². The molecular formula is C34H33FN4O6. The zero-order valence-corrected chi connectivity index (χ0v) is 24.9. The number of ether oxygens (including phenoxy) is 3. The molecule has 4 aromatic carbocycles. The summed E-state index contributed by atoms with van der Waals surface area (Å²) in [5, 5.41) is 5.47. The molecule has 5 rings (SSSR count). The van der Waals surface area contributed by atoms with Gasteiger partial charge in [0.15, 0.2) is 0 Å². The molecule has 11 heteroatoms. The molecule has 1 saturated heterocycles. The van der Waals surface area contributed by atoms with Gasteiger partial charge in [0, 0.05) is 62.7 Å². The fourth-order valence-corrected chi connectivity index (χ4v) is 4.79. The molecule has 1 heterocycles. The Balaban J connectivity index is 1.25. The highest BCUT2D eigenvalue weighted by molar-refractivity contribution is 5.94. The van der Waals surface area contributed by atoms with Crippen molar-refractivity contribution in [1.82, 2.24) is 15.1 Å². The van der Waals surface area contributed by atoms with Gasteiger partial charge in [-0.1, -0.05) is 12.1 Å². The first kappa shape index (κ1) is 30.9. The number of carbonyl (C=O) groups is 3. The van der Waals surface area contributed by atoms with Crippen LogP contribution in [0.25, 0.3) is 0 Å². The lowest BCUT2D eigenvalue weighted by Gasteiger charge is -2.34. The molecular weight excluding hydrogens is 579 g/mol. The quantitative estimate of drug-likeness (QED) is 0.251. The zero-order valence-electron chi connectivity index (χ0n) is 24.9. The van der Waals surface area contributed by atoms with Gasteiger partial charge < -0.3 is 34.6 Å². The second-order valence-electron chi connectivity index (χ2n) is 10.3. The summed E-state index contributed by atoms with van der Waals surface area (Å²) in [6, 6.07) is 24.1. The van der Waals surface area contributed by atoms with Crippen LogP contribution in [0.3, 0.4) is 0 Å². The Morgan fingerprint density at radius 3 is 1.93 bits per heavy atom. The minimum atomic E-state index is -0.394. The average molecular weight is 613 g/mol. The van der Waals surface area contributed by atoms with Gasteiger partial charge in [-0.05, 0) is 66.2 Å². The summed E-state index contributed by atoms with van der Waals surface area (Å²) >= 11 is 0. The van der Waals surface area contributed by atoms with E-state index in [0.717, 1.165) is 5.56 Å². The van der Waals surface area contributed by atoms with Gasteiger partial charge in [0.25, 0.3) is 5.91 Å². The van der Waals surface area contributed by atoms with Crippen molar-refractivity contribution in [2.45, 2.75) is 6.42 Å². The van der Waals surface area contributed by atoms with Gasteiger partial charge in [-0.25, -0.2) is 9.18 Å². The van der Waals surface area contributed by atoms with Crippen LogP contribution in [0.15, 0.2) is 91.0 Å². The van der Waals surface area contributed by atoms with Crippen molar-refractivity contribution >= 4 is 23.5 Å². The van der Waals surface area contributed by atoms with Crippen molar-refractivity contribution in [2.24, 2.45) is 0 Å². The van der Waals surface area contributed by atoms with Crippen LogP contribution in [0.1, 0.15) is 15.9 Å². The number of piperazine rings is 1. The fraction of sp³-hybridized carbons (Fsp3) is 0.206. The van der Waals surface area contributed by atoms with Crippen molar-refractivity contribution in [2.75, 3.05) is 45.7 Å². The number of carbonyl (C=O) groups excluding carboxylic acids is 3. The Hall–Kier alpha value is -5.58. The maximum absolute atomic E-state index is 13.4. The predicted molar refractivity (Wildman–Crippen MR) is 167 cm³/mol. The van der Waals surface area contributed by atoms with E-state index in [1.165, 1.54) is 24.3 Å². The first-order chi connectivity index (χ1) is 21.8. The standard InChI is InChI=1S/C34H33FN4O6/c1-36-33(41)24-6-10-27(11-7-24)44-30-20-26(21-31(22-30)45-28-12-8-25(35)9-13-28)37-34(42)39-16-14-38(15-17-39)32(40)19-23-4-3-5-29(18-23)43-2/h3-13,18,20-22H,14-17,19H2,1-2H3,(H,36,41)(H,37,42). The van der Waals surface area contributed by atoms with Gasteiger partial charge in [0.05, 0.1) is 13.5 Å². The van der Waals surface area contributed by atoms with E-state index in [-0.39, 0.29) is 24.3 Å². The third-order valence-corrected chi connectivity index (χ3v) is 7.17. The number of nitrogens with zero attached hydrogens (tertiary/aromatic N) is 2. The van der Waals surface area contributed by atoms with E-state index in [9.17, 15) is 18.8 Å². The number of hydrogen-bond donors (Lipinski definition) is 2. The highest BCUT2D eigenvalue weighted by Gasteiger charge is 2.24. The van der Waals surface area contributed by atoms with Crippen LogP contribution >= 0.6 is 0 Å². The van der Waals surface area contributed by atoms with Crippen molar-refractivity contribution in [1.29, 1.82) is 0 Å². The highest BCUT2D eigenvalue weighted by atomic mass is 19.1. The van der Waals surface area contributed by atoms with E-state index in [4.69, 9.17) is 14.2 Å². The maximum atomic E-state index is 13.4. The first-order valence-corrected chi connectivity index (χ1v) is 14.3. The van der Waals surface area contributed by atoms with Crippen molar-refractivity contribution < 1.29 is 33.0 Å². The molecule has 4 amide bonds. The molecule has 0 atom stereocenters. The van der Waals surface area contributed by atoms with Crippen LogP contribution in [0.4, 0.5) is 14.9 Å². The van der Waals surface area contributed by atoms with Gasteiger partial charge in [0.1, 0.15) is 34.6 Å². The summed E-state index contributed by atoms with van der Waals surface area (Å²) in [7, 11) is 3.14. The summed E-state index contributed by atoms with van der Waals surface area (Å²) in [6.45, 7) is 1.54. The minimum absolute atomic E-state index is 0.0147. The molecule has 1 fully saturated rings. The summed E-state index contributed by atoms with van der Waals surface area (Å²) in [5.74, 6) is 1.65. The third-order valence-electron chi connectivity index (χ3n) is 7.17. The topological polar surface area (TPSA) is 109 Å². The lowest BCUT2D eigenvalue weighted by molar-refractivity contribution is -0.131. The molecule has 232 valence electrons. The zero-order chi connectivity index (χ0) is 31.8. The van der Waals surface area contributed by atoms with Crippen molar-refractivity contribution in [3.8, 4) is 28.7 Å². The van der Waals surface area contributed by atoms with Crippen molar-refractivity contribution in [3.05, 3.63) is 108 Å². The molecule has 0 aromatic heterocycles. The SMILES string of the molecule is CNC(=O)c1ccc(Oc2cc(NC(=O)N3CCN(C(=O)Cc4cccc(OC)c4)CC3)cc(Oc3ccc(F)cc3)c2)cc1. The minimum Gasteiger partial charge on any atom is -0.497 e. The Labute approximate surface area is 260 Å². The third kappa shape index (κ3) is 8.29. The number of halogens is 1. The molecule has 1 aliphatic heterocycles. The number of amides is 4. The lowest BCUT2D eigenvalue weighted by atomic mass is 10.1. The number of hydrogen-bond acceptors (Lipinski definition) is 6. The Kier molecular flexibility index (Phi) is 9.78. The van der Waals surface area contributed by atoms with Crippen LogP contribution in [0, 0.1) is 5.82 Å².